The summed E-state index contributed by atoms with van der Waals surface area (Å²) in [4.78, 5) is 37.7. The number of rotatable bonds is 8. The van der Waals surface area contributed by atoms with Crippen LogP contribution in [0.4, 0.5) is 5.69 Å². The van der Waals surface area contributed by atoms with Crippen LogP contribution >= 0.6 is 0 Å². The number of anilines is 1. The fourth-order valence-corrected chi connectivity index (χ4v) is 3.52. The van der Waals surface area contributed by atoms with Gasteiger partial charge in [-0.1, -0.05) is 35.9 Å². The third kappa shape index (κ3) is 6.70. The Balaban J connectivity index is 1.39. The van der Waals surface area contributed by atoms with Gasteiger partial charge in [-0.2, -0.15) is 5.10 Å². The van der Waals surface area contributed by atoms with Gasteiger partial charge in [0.15, 0.2) is 0 Å². The second-order valence-corrected chi connectivity index (χ2v) is 8.26. The van der Waals surface area contributed by atoms with Gasteiger partial charge < -0.3 is 14.8 Å². The lowest BCUT2D eigenvalue weighted by molar-refractivity contribution is 0.0734. The Kier molecular flexibility index (Phi) is 8.25. The number of amides is 2. The largest absolute Gasteiger partial charge is 0.497 e. The number of hydrazone groups is 1. The van der Waals surface area contributed by atoms with Gasteiger partial charge in [0.05, 0.1) is 18.9 Å². The molecule has 2 N–H and O–H groups in total. The summed E-state index contributed by atoms with van der Waals surface area (Å²) in [6.45, 7) is 1.91. The van der Waals surface area contributed by atoms with Crippen LogP contribution in [0.25, 0.3) is 0 Å². The van der Waals surface area contributed by atoms with Crippen LogP contribution in [0.15, 0.2) is 102 Å². The molecule has 2 amide bonds. The van der Waals surface area contributed by atoms with Crippen LogP contribution in [0.5, 0.6) is 11.5 Å². The molecule has 0 fully saturated rings. The number of nitrogens with zero attached hydrogens (tertiary/aromatic N) is 1. The van der Waals surface area contributed by atoms with E-state index in [2.05, 4.69) is 15.8 Å². The summed E-state index contributed by atoms with van der Waals surface area (Å²) < 4.78 is 10.6. The van der Waals surface area contributed by atoms with Crippen LogP contribution in [-0.2, 0) is 0 Å². The average molecular weight is 508 g/mol. The fraction of sp³-hybridized carbons (Fsp3) is 0.0667. The molecule has 0 atom stereocenters. The van der Waals surface area contributed by atoms with E-state index in [-0.39, 0.29) is 11.7 Å². The predicted octanol–water partition coefficient (Wildman–Crippen LogP) is 5.24. The lowest BCUT2D eigenvalue weighted by Gasteiger charge is -2.08. The van der Waals surface area contributed by atoms with Crippen molar-refractivity contribution >= 4 is 29.7 Å². The molecule has 190 valence electrons. The van der Waals surface area contributed by atoms with Gasteiger partial charge in [0.1, 0.15) is 11.5 Å². The number of esters is 1. The molecule has 8 heteroatoms. The quantitative estimate of drug-likeness (QED) is 0.147. The summed E-state index contributed by atoms with van der Waals surface area (Å²) in [5.74, 6) is -0.371. The summed E-state index contributed by atoms with van der Waals surface area (Å²) in [5, 5.41) is 6.80. The third-order valence-electron chi connectivity index (χ3n) is 5.48. The van der Waals surface area contributed by atoms with Gasteiger partial charge in [-0.25, -0.2) is 10.2 Å². The van der Waals surface area contributed by atoms with Gasteiger partial charge in [0.25, 0.3) is 11.8 Å². The highest BCUT2D eigenvalue weighted by Gasteiger charge is 2.12. The van der Waals surface area contributed by atoms with Gasteiger partial charge >= 0.3 is 5.97 Å². The molecule has 0 saturated carbocycles. The summed E-state index contributed by atoms with van der Waals surface area (Å²) in [6, 6.07) is 27.1. The maximum absolute atomic E-state index is 12.7. The summed E-state index contributed by atoms with van der Waals surface area (Å²) in [5.41, 5.74) is 5.59. The first-order valence-corrected chi connectivity index (χ1v) is 11.7. The Morgan fingerprint density at radius 3 is 2.21 bits per heavy atom. The molecular formula is C30H25N3O5. The number of carbonyl (C=O) groups is 3. The van der Waals surface area contributed by atoms with Gasteiger partial charge in [0, 0.05) is 22.4 Å². The zero-order valence-corrected chi connectivity index (χ0v) is 20.8. The maximum Gasteiger partial charge on any atom is 0.343 e. The normalized spacial score (nSPS) is 10.6. The minimum atomic E-state index is -0.540. The van der Waals surface area contributed by atoms with Crippen molar-refractivity contribution in [2.75, 3.05) is 12.4 Å². The lowest BCUT2D eigenvalue weighted by atomic mass is 10.1. The molecule has 0 unspecified atom stereocenters. The van der Waals surface area contributed by atoms with Gasteiger partial charge in [-0.15, -0.1) is 0 Å². The molecule has 4 rings (SSSR count). The summed E-state index contributed by atoms with van der Waals surface area (Å²) >= 11 is 0. The monoisotopic (exact) mass is 507 g/mol. The number of nitrogens with one attached hydrogen (secondary N) is 2. The number of aryl methyl sites for hydroxylation is 1. The van der Waals surface area contributed by atoms with E-state index in [1.807, 2.05) is 19.1 Å². The maximum atomic E-state index is 12.7. The molecule has 0 aliphatic heterocycles. The first kappa shape index (κ1) is 25.8. The molecule has 0 saturated heterocycles. The average Bonchev–Trinajstić information content (AvgIpc) is 2.94. The van der Waals surface area contributed by atoms with Crippen LogP contribution in [-0.4, -0.2) is 31.1 Å². The minimum absolute atomic E-state index is 0.273. The van der Waals surface area contributed by atoms with Crippen molar-refractivity contribution < 1.29 is 23.9 Å². The molecule has 0 spiro atoms. The van der Waals surface area contributed by atoms with Crippen molar-refractivity contribution in [3.05, 3.63) is 125 Å². The van der Waals surface area contributed by atoms with Gasteiger partial charge in [-0.3, -0.25) is 9.59 Å². The molecule has 0 radical (unpaired) electrons. The second kappa shape index (κ2) is 12.1. The van der Waals surface area contributed by atoms with E-state index in [9.17, 15) is 14.4 Å². The van der Waals surface area contributed by atoms with Gasteiger partial charge in [-0.05, 0) is 73.7 Å². The van der Waals surface area contributed by atoms with E-state index in [4.69, 9.17) is 9.47 Å². The molecule has 0 heterocycles. The van der Waals surface area contributed by atoms with E-state index in [1.54, 1.807) is 92.0 Å². The van der Waals surface area contributed by atoms with Crippen molar-refractivity contribution in [3.8, 4) is 11.5 Å². The summed E-state index contributed by atoms with van der Waals surface area (Å²) in [7, 11) is 1.54. The second-order valence-electron chi connectivity index (χ2n) is 8.26. The van der Waals surface area contributed by atoms with Crippen molar-refractivity contribution in [1.29, 1.82) is 0 Å². The Morgan fingerprint density at radius 1 is 0.763 bits per heavy atom. The summed E-state index contributed by atoms with van der Waals surface area (Å²) in [6.07, 6.45) is 1.39. The molecule has 0 aliphatic rings. The van der Waals surface area contributed by atoms with E-state index < -0.39 is 11.9 Å². The van der Waals surface area contributed by atoms with Crippen LogP contribution in [0.1, 0.15) is 42.2 Å². The van der Waals surface area contributed by atoms with Crippen molar-refractivity contribution in [3.63, 3.8) is 0 Å². The lowest BCUT2D eigenvalue weighted by Crippen LogP contribution is -2.18. The zero-order chi connectivity index (χ0) is 26.9. The molecule has 4 aromatic carbocycles. The number of hydrogen-bond acceptors (Lipinski definition) is 6. The van der Waals surface area contributed by atoms with Gasteiger partial charge in [0.2, 0.25) is 0 Å². The molecule has 38 heavy (non-hydrogen) atoms. The van der Waals surface area contributed by atoms with E-state index in [0.717, 1.165) is 5.56 Å². The standard InChI is InChI=1S/C30H25N3O5/c1-20-7-5-9-22(17-20)28(34)32-25-11-6-10-23(18-25)29(35)33-31-19-24-8-3-4-12-27(24)38-30(36)21-13-15-26(37-2)16-14-21/h3-19H,1-2H3,(H,32,34)(H,33,35). The topological polar surface area (TPSA) is 106 Å². The third-order valence-corrected chi connectivity index (χ3v) is 5.48. The predicted molar refractivity (Wildman–Crippen MR) is 145 cm³/mol. The molecule has 4 aromatic rings. The van der Waals surface area contributed by atoms with Crippen molar-refractivity contribution in [1.82, 2.24) is 5.43 Å². The Labute approximate surface area is 219 Å². The fourth-order valence-electron chi connectivity index (χ4n) is 3.52. The minimum Gasteiger partial charge on any atom is -0.497 e. The Hall–Kier alpha value is -5.24. The smallest absolute Gasteiger partial charge is 0.343 e. The Morgan fingerprint density at radius 2 is 1.47 bits per heavy atom. The number of para-hydroxylation sites is 1. The van der Waals surface area contributed by atoms with Crippen LogP contribution in [0.2, 0.25) is 0 Å². The Bertz CT molecular complexity index is 1500. The number of benzene rings is 4. The number of methoxy groups -OCH3 is 1. The van der Waals surface area contributed by atoms with E-state index in [1.165, 1.54) is 6.21 Å². The number of carbonyl (C=O) groups excluding carboxylic acids is 3. The number of hydrogen-bond donors (Lipinski definition) is 2. The van der Waals surface area contributed by atoms with Crippen LogP contribution < -0.4 is 20.2 Å². The van der Waals surface area contributed by atoms with Crippen LogP contribution in [0.3, 0.4) is 0 Å². The first-order chi connectivity index (χ1) is 18.4. The number of ether oxygens (including phenoxy) is 2. The highest BCUT2D eigenvalue weighted by Crippen LogP contribution is 2.19. The molecule has 0 aromatic heterocycles. The van der Waals surface area contributed by atoms with Crippen LogP contribution in [0, 0.1) is 6.92 Å². The van der Waals surface area contributed by atoms with E-state index >= 15 is 0 Å². The highest BCUT2D eigenvalue weighted by molar-refractivity contribution is 6.05. The molecule has 0 bridgehead atoms. The SMILES string of the molecule is COc1ccc(C(=O)Oc2ccccc2C=NNC(=O)c2cccc(NC(=O)c3cccc(C)c3)c2)cc1. The van der Waals surface area contributed by atoms with E-state index in [0.29, 0.717) is 33.7 Å². The zero-order valence-electron chi connectivity index (χ0n) is 20.8. The highest BCUT2D eigenvalue weighted by atomic mass is 16.5. The van der Waals surface area contributed by atoms with Crippen molar-refractivity contribution in [2.45, 2.75) is 6.92 Å². The molecule has 0 aliphatic carbocycles. The van der Waals surface area contributed by atoms with Crippen molar-refractivity contribution in [2.24, 2.45) is 5.10 Å². The first-order valence-electron chi connectivity index (χ1n) is 11.7. The molecular weight excluding hydrogens is 482 g/mol. The molecule has 8 nitrogen and oxygen atoms in total.